The van der Waals surface area contributed by atoms with Crippen LogP contribution in [0.1, 0.15) is 19.3 Å². The van der Waals surface area contributed by atoms with Crippen molar-refractivity contribution < 1.29 is 0 Å². The van der Waals surface area contributed by atoms with Gasteiger partial charge in [0, 0.05) is 13.1 Å². The van der Waals surface area contributed by atoms with Crippen LogP contribution in [-0.2, 0) is 0 Å². The van der Waals surface area contributed by atoms with E-state index in [2.05, 4.69) is 17.5 Å². The summed E-state index contributed by atoms with van der Waals surface area (Å²) in [7, 11) is 0. The molecule has 2 atom stereocenters. The van der Waals surface area contributed by atoms with Gasteiger partial charge in [0.2, 0.25) is 0 Å². The number of rotatable bonds is 0. The van der Waals surface area contributed by atoms with E-state index in [1.807, 2.05) is 0 Å². The summed E-state index contributed by atoms with van der Waals surface area (Å²) in [6.45, 7) is 2.22. The lowest BCUT2D eigenvalue weighted by Gasteiger charge is -2.31. The van der Waals surface area contributed by atoms with Crippen molar-refractivity contribution in [1.29, 1.82) is 0 Å². The zero-order valence-corrected chi connectivity index (χ0v) is 6.29. The lowest BCUT2D eigenvalue weighted by molar-refractivity contribution is 0.272. The number of allylic oxidation sites excluding steroid dienone is 1. The Bertz CT molecular complexity index is 140. The van der Waals surface area contributed by atoms with Crippen molar-refractivity contribution in [3.8, 4) is 0 Å². The monoisotopic (exact) mass is 136 g/mol. The highest BCUT2D eigenvalue weighted by atomic mass is 14.9. The molecular weight excluding hydrogens is 122 g/mol. The molecule has 0 saturated carbocycles. The Morgan fingerprint density at radius 3 is 3.20 bits per heavy atom. The molecule has 0 aromatic rings. The molecule has 1 nitrogen and oxygen atoms in total. The minimum Gasteiger partial charge on any atom is -0.241 e. The highest BCUT2D eigenvalue weighted by Crippen LogP contribution is 2.29. The van der Waals surface area contributed by atoms with Crippen molar-refractivity contribution >= 4 is 0 Å². The van der Waals surface area contributed by atoms with Gasteiger partial charge < -0.3 is 0 Å². The van der Waals surface area contributed by atoms with Gasteiger partial charge in [-0.3, -0.25) is 0 Å². The van der Waals surface area contributed by atoms with Gasteiger partial charge in [-0.25, -0.2) is 5.32 Å². The Labute approximate surface area is 62.5 Å². The third-order valence-electron chi connectivity index (χ3n) is 2.69. The smallest absolute Gasteiger partial charge is 0.0199 e. The standard InChI is InChI=1S/C9H14N/c1-2-4-9-7-10-6-5-8(9)3-1/h2,4,8-9H,1,3,5-7H2. The summed E-state index contributed by atoms with van der Waals surface area (Å²) in [5, 5.41) is 4.41. The van der Waals surface area contributed by atoms with Gasteiger partial charge >= 0.3 is 0 Å². The van der Waals surface area contributed by atoms with E-state index in [0.29, 0.717) is 0 Å². The van der Waals surface area contributed by atoms with Crippen LogP contribution in [0.15, 0.2) is 12.2 Å². The van der Waals surface area contributed by atoms with Crippen LogP contribution in [-0.4, -0.2) is 13.1 Å². The molecule has 1 aliphatic heterocycles. The number of fused-ring (bicyclic) bond motifs is 1. The highest BCUT2D eigenvalue weighted by Gasteiger charge is 2.24. The first-order valence-corrected chi connectivity index (χ1v) is 4.27. The molecule has 0 amide bonds. The van der Waals surface area contributed by atoms with Crippen molar-refractivity contribution in [3.63, 3.8) is 0 Å². The van der Waals surface area contributed by atoms with Crippen molar-refractivity contribution in [1.82, 2.24) is 5.32 Å². The van der Waals surface area contributed by atoms with Gasteiger partial charge in [-0.15, -0.1) is 0 Å². The van der Waals surface area contributed by atoms with Crippen molar-refractivity contribution in [2.45, 2.75) is 19.3 Å². The van der Waals surface area contributed by atoms with Crippen molar-refractivity contribution in [2.75, 3.05) is 13.1 Å². The maximum Gasteiger partial charge on any atom is 0.0199 e. The SMILES string of the molecule is C1=CC2C[N]CCC2CC1. The van der Waals surface area contributed by atoms with E-state index in [1.54, 1.807) is 0 Å². The highest BCUT2D eigenvalue weighted by molar-refractivity contribution is 4.99. The summed E-state index contributed by atoms with van der Waals surface area (Å²) in [5.41, 5.74) is 0. The first-order valence-electron chi connectivity index (χ1n) is 4.27. The van der Waals surface area contributed by atoms with Crippen LogP contribution >= 0.6 is 0 Å². The van der Waals surface area contributed by atoms with Crippen LogP contribution in [0.4, 0.5) is 0 Å². The van der Waals surface area contributed by atoms with Crippen LogP contribution < -0.4 is 5.32 Å². The molecule has 1 saturated heterocycles. The van der Waals surface area contributed by atoms with Gasteiger partial charge in [0.15, 0.2) is 0 Å². The Morgan fingerprint density at radius 2 is 2.30 bits per heavy atom. The summed E-state index contributed by atoms with van der Waals surface area (Å²) in [4.78, 5) is 0. The molecule has 0 N–H and O–H groups in total. The molecule has 2 unspecified atom stereocenters. The average Bonchev–Trinajstić information content (AvgIpc) is 2.05. The van der Waals surface area contributed by atoms with Crippen molar-refractivity contribution in [3.05, 3.63) is 12.2 Å². The largest absolute Gasteiger partial charge is 0.241 e. The Hall–Kier alpha value is -0.300. The van der Waals surface area contributed by atoms with E-state index in [-0.39, 0.29) is 0 Å². The normalized spacial score (nSPS) is 39.2. The summed E-state index contributed by atoms with van der Waals surface area (Å²) in [5.74, 6) is 1.78. The summed E-state index contributed by atoms with van der Waals surface area (Å²) in [6.07, 6.45) is 8.76. The predicted octanol–water partition coefficient (Wildman–Crippen LogP) is 1.58. The van der Waals surface area contributed by atoms with E-state index in [1.165, 1.54) is 19.3 Å². The lowest BCUT2D eigenvalue weighted by atomic mass is 9.80. The molecule has 0 aromatic carbocycles. The van der Waals surface area contributed by atoms with Gasteiger partial charge in [-0.2, -0.15) is 0 Å². The van der Waals surface area contributed by atoms with E-state index >= 15 is 0 Å². The van der Waals surface area contributed by atoms with E-state index in [0.717, 1.165) is 24.9 Å². The molecule has 1 heteroatoms. The Kier molecular flexibility index (Phi) is 1.76. The summed E-state index contributed by atoms with van der Waals surface area (Å²) in [6, 6.07) is 0. The Balaban J connectivity index is 2.03. The molecule has 0 aromatic heterocycles. The topological polar surface area (TPSA) is 14.1 Å². The minimum absolute atomic E-state index is 0.808. The fourth-order valence-electron chi connectivity index (χ4n) is 2.02. The molecule has 0 spiro atoms. The molecule has 55 valence electrons. The number of nitrogens with zero attached hydrogens (tertiary/aromatic N) is 1. The van der Waals surface area contributed by atoms with Crippen LogP contribution in [0.2, 0.25) is 0 Å². The molecule has 1 aliphatic carbocycles. The Morgan fingerprint density at radius 1 is 1.30 bits per heavy atom. The third-order valence-corrected chi connectivity index (χ3v) is 2.69. The van der Waals surface area contributed by atoms with Crippen molar-refractivity contribution in [2.24, 2.45) is 11.8 Å². The van der Waals surface area contributed by atoms with Gasteiger partial charge in [-0.1, -0.05) is 12.2 Å². The molecule has 1 radical (unpaired) electrons. The fourth-order valence-corrected chi connectivity index (χ4v) is 2.02. The lowest BCUT2D eigenvalue weighted by Crippen LogP contribution is -2.32. The second kappa shape index (κ2) is 2.75. The molecular formula is C9H14N. The number of piperidine rings is 1. The van der Waals surface area contributed by atoms with Gasteiger partial charge in [0.05, 0.1) is 0 Å². The van der Waals surface area contributed by atoms with Gasteiger partial charge in [0.1, 0.15) is 0 Å². The van der Waals surface area contributed by atoms with Crippen LogP contribution in [0.25, 0.3) is 0 Å². The zero-order chi connectivity index (χ0) is 6.81. The number of hydrogen-bond donors (Lipinski definition) is 0. The number of hydrogen-bond acceptors (Lipinski definition) is 0. The van der Waals surface area contributed by atoms with E-state index in [4.69, 9.17) is 0 Å². The first kappa shape index (κ1) is 6.41. The van der Waals surface area contributed by atoms with Crippen LogP contribution in [0.3, 0.4) is 0 Å². The molecule has 0 bridgehead atoms. The van der Waals surface area contributed by atoms with Gasteiger partial charge in [0.25, 0.3) is 0 Å². The zero-order valence-electron chi connectivity index (χ0n) is 6.29. The van der Waals surface area contributed by atoms with E-state index < -0.39 is 0 Å². The molecule has 1 heterocycles. The summed E-state index contributed by atoms with van der Waals surface area (Å²) >= 11 is 0. The van der Waals surface area contributed by atoms with Crippen LogP contribution in [0, 0.1) is 11.8 Å². The van der Waals surface area contributed by atoms with Gasteiger partial charge in [-0.05, 0) is 31.1 Å². The maximum atomic E-state index is 4.41. The predicted molar refractivity (Wildman–Crippen MR) is 41.8 cm³/mol. The maximum absolute atomic E-state index is 4.41. The third kappa shape index (κ3) is 1.10. The molecule has 1 fully saturated rings. The second-order valence-electron chi connectivity index (χ2n) is 3.35. The molecule has 2 rings (SSSR count). The second-order valence-corrected chi connectivity index (χ2v) is 3.35. The quantitative estimate of drug-likeness (QED) is 0.449. The van der Waals surface area contributed by atoms with Crippen LogP contribution in [0.5, 0.6) is 0 Å². The fraction of sp³-hybridized carbons (Fsp3) is 0.778. The summed E-state index contributed by atoms with van der Waals surface area (Å²) < 4.78 is 0. The average molecular weight is 136 g/mol. The molecule has 10 heavy (non-hydrogen) atoms. The van der Waals surface area contributed by atoms with E-state index in [9.17, 15) is 0 Å². The molecule has 2 aliphatic rings. The minimum atomic E-state index is 0.808. The first-order chi connectivity index (χ1) is 4.97.